The maximum absolute atomic E-state index is 10.9. The van der Waals surface area contributed by atoms with Gasteiger partial charge in [0.25, 0.3) is 5.56 Å². The van der Waals surface area contributed by atoms with Gasteiger partial charge in [-0.1, -0.05) is 0 Å². The maximum Gasteiger partial charge on any atom is 0.254 e. The lowest BCUT2D eigenvalue weighted by atomic mass is 10.6. The number of aromatic amines is 1. The van der Waals surface area contributed by atoms with Crippen molar-refractivity contribution in [1.82, 2.24) is 19.7 Å². The van der Waals surface area contributed by atoms with Crippen LogP contribution in [0.4, 0.5) is 0 Å². The average Bonchev–Trinajstić information content (AvgIpc) is 2.65. The van der Waals surface area contributed by atoms with Gasteiger partial charge < -0.3 is 9.72 Å². The number of H-pyrrole nitrogens is 1. The van der Waals surface area contributed by atoms with E-state index in [1.807, 2.05) is 6.92 Å². The van der Waals surface area contributed by atoms with Gasteiger partial charge in [0.1, 0.15) is 0 Å². The Bertz CT molecular complexity index is 503. The zero-order valence-electron chi connectivity index (χ0n) is 8.17. The minimum Gasteiger partial charge on any atom is -0.435 e. The van der Waals surface area contributed by atoms with Crippen molar-refractivity contribution in [3.63, 3.8) is 0 Å². The zero-order chi connectivity index (χ0) is 10.7. The summed E-state index contributed by atoms with van der Waals surface area (Å²) in [6.07, 6.45) is 4.61. The first kappa shape index (κ1) is 9.45. The van der Waals surface area contributed by atoms with Gasteiger partial charge in [-0.15, -0.1) is 0 Å². The smallest absolute Gasteiger partial charge is 0.254 e. The molecule has 2 aromatic heterocycles. The fourth-order valence-electron chi connectivity index (χ4n) is 1.10. The van der Waals surface area contributed by atoms with E-state index in [-0.39, 0.29) is 11.4 Å². The van der Waals surface area contributed by atoms with Crippen LogP contribution in [0.3, 0.4) is 0 Å². The fourth-order valence-corrected chi connectivity index (χ4v) is 1.10. The van der Waals surface area contributed by atoms with Crippen molar-refractivity contribution in [1.29, 1.82) is 0 Å². The molecule has 0 fully saturated rings. The van der Waals surface area contributed by atoms with E-state index < -0.39 is 0 Å². The van der Waals surface area contributed by atoms with Crippen molar-refractivity contribution in [2.45, 2.75) is 13.5 Å². The Balaban J connectivity index is 2.18. The second-order valence-electron chi connectivity index (χ2n) is 2.88. The molecule has 2 aromatic rings. The minimum atomic E-state index is -0.247. The predicted molar refractivity (Wildman–Crippen MR) is 52.8 cm³/mol. The Morgan fingerprint density at radius 1 is 1.60 bits per heavy atom. The Morgan fingerprint density at radius 2 is 2.47 bits per heavy atom. The van der Waals surface area contributed by atoms with E-state index in [0.29, 0.717) is 5.75 Å². The molecule has 78 valence electrons. The third-order valence-electron chi connectivity index (χ3n) is 1.81. The Labute approximate surface area is 85.5 Å². The topological polar surface area (TPSA) is 72.8 Å². The standard InChI is InChI=1S/C9H10N4O2/c1-2-13-5-7(4-12-13)15-9-3-8(14)10-6-11-9/h3-6H,2H2,1H3,(H,10,11,14). The number of hydrogen-bond acceptors (Lipinski definition) is 4. The average molecular weight is 206 g/mol. The van der Waals surface area contributed by atoms with Crippen molar-refractivity contribution < 1.29 is 4.74 Å². The van der Waals surface area contributed by atoms with Crippen LogP contribution in [0.15, 0.2) is 29.6 Å². The lowest BCUT2D eigenvalue weighted by Crippen LogP contribution is -2.04. The zero-order valence-corrected chi connectivity index (χ0v) is 8.17. The Hall–Kier alpha value is -2.11. The van der Waals surface area contributed by atoms with Crippen LogP contribution >= 0.6 is 0 Å². The highest BCUT2D eigenvalue weighted by atomic mass is 16.5. The summed E-state index contributed by atoms with van der Waals surface area (Å²) in [5, 5.41) is 4.03. The lowest BCUT2D eigenvalue weighted by molar-refractivity contribution is 0.459. The molecule has 0 saturated carbocycles. The Morgan fingerprint density at radius 3 is 3.13 bits per heavy atom. The molecule has 0 aliphatic heterocycles. The van der Waals surface area contributed by atoms with Crippen molar-refractivity contribution in [2.75, 3.05) is 0 Å². The quantitative estimate of drug-likeness (QED) is 0.805. The Kier molecular flexibility index (Phi) is 2.49. The molecule has 6 heteroatoms. The van der Waals surface area contributed by atoms with Crippen molar-refractivity contribution in [3.8, 4) is 11.6 Å². The summed E-state index contributed by atoms with van der Waals surface area (Å²) < 4.78 is 7.05. The molecule has 1 N–H and O–H groups in total. The van der Waals surface area contributed by atoms with E-state index in [4.69, 9.17) is 4.74 Å². The maximum atomic E-state index is 10.9. The van der Waals surface area contributed by atoms with Gasteiger partial charge >= 0.3 is 0 Å². The highest BCUT2D eigenvalue weighted by molar-refractivity contribution is 5.19. The molecule has 0 amide bonds. The molecule has 0 aliphatic carbocycles. The van der Waals surface area contributed by atoms with Gasteiger partial charge in [-0.25, -0.2) is 4.98 Å². The van der Waals surface area contributed by atoms with Crippen LogP contribution in [0.5, 0.6) is 11.6 Å². The van der Waals surface area contributed by atoms with E-state index in [1.165, 1.54) is 12.4 Å². The molecule has 0 atom stereocenters. The molecular weight excluding hydrogens is 196 g/mol. The van der Waals surface area contributed by atoms with Gasteiger partial charge in [-0.3, -0.25) is 9.48 Å². The summed E-state index contributed by atoms with van der Waals surface area (Å²) in [4.78, 5) is 17.2. The van der Waals surface area contributed by atoms with Crippen LogP contribution in [-0.4, -0.2) is 19.7 Å². The number of nitrogens with zero attached hydrogens (tertiary/aromatic N) is 3. The van der Waals surface area contributed by atoms with Gasteiger partial charge in [0, 0.05) is 6.54 Å². The lowest BCUT2D eigenvalue weighted by Gasteiger charge is -1.98. The molecule has 0 aromatic carbocycles. The SMILES string of the molecule is CCn1cc(Oc2cc(=O)[nH]cn2)cn1. The number of aromatic nitrogens is 4. The second kappa shape index (κ2) is 3.95. The molecule has 0 saturated heterocycles. The first-order chi connectivity index (χ1) is 7.28. The number of aryl methyl sites for hydroxylation is 1. The first-order valence-electron chi connectivity index (χ1n) is 4.53. The van der Waals surface area contributed by atoms with E-state index in [2.05, 4.69) is 15.1 Å². The highest BCUT2D eigenvalue weighted by Gasteiger charge is 2.01. The summed E-state index contributed by atoms with van der Waals surface area (Å²) in [7, 11) is 0. The predicted octanol–water partition coefficient (Wildman–Crippen LogP) is 0.779. The van der Waals surface area contributed by atoms with E-state index in [9.17, 15) is 4.79 Å². The van der Waals surface area contributed by atoms with Crippen LogP contribution < -0.4 is 10.3 Å². The summed E-state index contributed by atoms with van der Waals surface area (Å²) in [6, 6.07) is 1.28. The number of nitrogens with one attached hydrogen (secondary N) is 1. The first-order valence-corrected chi connectivity index (χ1v) is 4.53. The van der Waals surface area contributed by atoms with Gasteiger partial charge in [-0.05, 0) is 6.92 Å². The third kappa shape index (κ3) is 2.22. The molecule has 2 heterocycles. The summed E-state index contributed by atoms with van der Waals surface area (Å²) in [6.45, 7) is 2.74. The molecular formula is C9H10N4O2. The summed E-state index contributed by atoms with van der Waals surface area (Å²) in [5.41, 5.74) is -0.247. The fraction of sp³-hybridized carbons (Fsp3) is 0.222. The molecule has 0 radical (unpaired) electrons. The van der Waals surface area contributed by atoms with Crippen molar-refractivity contribution in [3.05, 3.63) is 35.1 Å². The molecule has 0 bridgehead atoms. The molecule has 0 unspecified atom stereocenters. The van der Waals surface area contributed by atoms with Crippen LogP contribution in [0.2, 0.25) is 0 Å². The van der Waals surface area contributed by atoms with E-state index in [0.717, 1.165) is 6.54 Å². The van der Waals surface area contributed by atoms with Crippen LogP contribution in [0.1, 0.15) is 6.92 Å². The minimum absolute atomic E-state index is 0.247. The van der Waals surface area contributed by atoms with Crippen LogP contribution in [0, 0.1) is 0 Å². The van der Waals surface area contributed by atoms with Gasteiger partial charge in [0.2, 0.25) is 5.88 Å². The third-order valence-corrected chi connectivity index (χ3v) is 1.81. The monoisotopic (exact) mass is 206 g/mol. The molecule has 2 rings (SSSR count). The molecule has 6 nitrogen and oxygen atoms in total. The van der Waals surface area contributed by atoms with Crippen LogP contribution in [0.25, 0.3) is 0 Å². The van der Waals surface area contributed by atoms with Gasteiger partial charge in [-0.2, -0.15) is 5.10 Å². The molecule has 0 aliphatic rings. The number of rotatable bonds is 3. The number of ether oxygens (including phenoxy) is 1. The molecule has 15 heavy (non-hydrogen) atoms. The van der Waals surface area contributed by atoms with Crippen molar-refractivity contribution in [2.24, 2.45) is 0 Å². The van der Waals surface area contributed by atoms with Gasteiger partial charge in [0.05, 0.1) is 24.8 Å². The number of hydrogen-bond donors (Lipinski definition) is 1. The van der Waals surface area contributed by atoms with Gasteiger partial charge in [0.15, 0.2) is 5.75 Å². The van der Waals surface area contributed by atoms with Crippen LogP contribution in [-0.2, 0) is 6.54 Å². The van der Waals surface area contributed by atoms with E-state index in [1.54, 1.807) is 17.1 Å². The van der Waals surface area contributed by atoms with Crippen molar-refractivity contribution >= 4 is 0 Å². The highest BCUT2D eigenvalue weighted by Crippen LogP contribution is 2.15. The normalized spacial score (nSPS) is 10.2. The summed E-state index contributed by atoms with van der Waals surface area (Å²) in [5.74, 6) is 0.823. The summed E-state index contributed by atoms with van der Waals surface area (Å²) >= 11 is 0. The molecule has 0 spiro atoms. The second-order valence-corrected chi connectivity index (χ2v) is 2.88. The van der Waals surface area contributed by atoms with E-state index >= 15 is 0 Å². The largest absolute Gasteiger partial charge is 0.435 e.